The summed E-state index contributed by atoms with van der Waals surface area (Å²) in [6.07, 6.45) is 3.79. The zero-order valence-electron chi connectivity index (χ0n) is 14.6. The van der Waals surface area contributed by atoms with Crippen LogP contribution in [0.25, 0.3) is 0 Å². The predicted molar refractivity (Wildman–Crippen MR) is 100.0 cm³/mol. The van der Waals surface area contributed by atoms with Gasteiger partial charge < -0.3 is 9.64 Å². The summed E-state index contributed by atoms with van der Waals surface area (Å²) in [6.45, 7) is 3.75. The van der Waals surface area contributed by atoms with Gasteiger partial charge in [-0.05, 0) is 38.3 Å². The monoisotopic (exact) mass is 375 g/mol. The first kappa shape index (κ1) is 18.3. The van der Waals surface area contributed by atoms with Crippen LogP contribution in [-0.4, -0.2) is 35.6 Å². The molecule has 1 fully saturated rings. The van der Waals surface area contributed by atoms with Crippen molar-refractivity contribution in [2.75, 3.05) is 24.6 Å². The Balaban J connectivity index is 1.69. The van der Waals surface area contributed by atoms with E-state index < -0.39 is 10.9 Å². The number of piperidine rings is 1. The third-order valence-corrected chi connectivity index (χ3v) is 5.51. The van der Waals surface area contributed by atoms with E-state index in [-0.39, 0.29) is 17.9 Å². The van der Waals surface area contributed by atoms with E-state index in [0.29, 0.717) is 12.1 Å². The fourth-order valence-corrected chi connectivity index (χ4v) is 3.85. The van der Waals surface area contributed by atoms with Gasteiger partial charge in [-0.1, -0.05) is 0 Å². The molecule has 2 heterocycles. The molecule has 1 aromatic carbocycles. The van der Waals surface area contributed by atoms with E-state index in [9.17, 15) is 14.9 Å². The van der Waals surface area contributed by atoms with Gasteiger partial charge in [0.1, 0.15) is 5.69 Å². The number of nitro groups is 1. The quantitative estimate of drug-likeness (QED) is 0.434. The second-order valence-electron chi connectivity index (χ2n) is 6.26. The Morgan fingerprint density at radius 3 is 2.77 bits per heavy atom. The number of hydrogen-bond donors (Lipinski definition) is 0. The van der Waals surface area contributed by atoms with Crippen molar-refractivity contribution < 1.29 is 14.5 Å². The Morgan fingerprint density at radius 2 is 2.12 bits per heavy atom. The van der Waals surface area contributed by atoms with E-state index in [1.54, 1.807) is 17.6 Å². The van der Waals surface area contributed by atoms with Crippen molar-refractivity contribution in [2.45, 2.75) is 32.6 Å². The third-order valence-electron chi connectivity index (χ3n) is 4.51. The lowest BCUT2D eigenvalue weighted by Gasteiger charge is -2.28. The maximum Gasteiger partial charge on any atom is 0.338 e. The molecular formula is C18H21N3O4S. The second kappa shape index (κ2) is 8.27. The summed E-state index contributed by atoms with van der Waals surface area (Å²) in [6, 6.07) is 4.59. The van der Waals surface area contributed by atoms with Crippen molar-refractivity contribution in [1.82, 2.24) is 4.98 Å². The van der Waals surface area contributed by atoms with Crippen LogP contribution in [0.2, 0.25) is 0 Å². The minimum atomic E-state index is -0.541. The van der Waals surface area contributed by atoms with E-state index in [4.69, 9.17) is 4.74 Å². The minimum Gasteiger partial charge on any atom is -0.462 e. The summed E-state index contributed by atoms with van der Waals surface area (Å²) < 4.78 is 5.28. The van der Waals surface area contributed by atoms with Gasteiger partial charge in [0.25, 0.3) is 5.69 Å². The van der Waals surface area contributed by atoms with E-state index in [0.717, 1.165) is 42.9 Å². The van der Waals surface area contributed by atoms with Crippen LogP contribution in [0.15, 0.2) is 23.7 Å². The van der Waals surface area contributed by atoms with Crippen LogP contribution >= 0.6 is 11.3 Å². The number of anilines is 1. The summed E-state index contributed by atoms with van der Waals surface area (Å²) >= 11 is 1.52. The highest BCUT2D eigenvalue weighted by Crippen LogP contribution is 2.31. The molecule has 26 heavy (non-hydrogen) atoms. The molecule has 0 atom stereocenters. The Morgan fingerprint density at radius 1 is 1.35 bits per heavy atom. The summed E-state index contributed by atoms with van der Waals surface area (Å²) in [5.74, 6) is -0.541. The van der Waals surface area contributed by atoms with Crippen LogP contribution in [-0.2, 0) is 11.2 Å². The lowest BCUT2D eigenvalue weighted by Crippen LogP contribution is -2.30. The van der Waals surface area contributed by atoms with E-state index in [1.165, 1.54) is 17.4 Å². The average molecular weight is 375 g/mol. The fraction of sp³-hybridized carbons (Fsp3) is 0.444. The number of thiazole rings is 1. The molecule has 0 bridgehead atoms. The second-order valence-corrected chi connectivity index (χ2v) is 7.19. The standard InChI is InChI=1S/C18H21N3O4S/c1-13-17(26-12-19-13)7-10-25-18(22)14-5-6-15(16(11-14)21(23)24)20-8-3-2-4-9-20/h5-6,11-12H,2-4,7-10H2,1H3. The molecule has 1 saturated heterocycles. The molecule has 3 rings (SSSR count). The highest BCUT2D eigenvalue weighted by Gasteiger charge is 2.23. The fourth-order valence-electron chi connectivity index (χ4n) is 3.08. The first-order chi connectivity index (χ1) is 12.6. The van der Waals surface area contributed by atoms with Crippen molar-refractivity contribution in [2.24, 2.45) is 0 Å². The Kier molecular flexibility index (Phi) is 5.82. The van der Waals surface area contributed by atoms with Gasteiger partial charge in [-0.25, -0.2) is 9.78 Å². The molecule has 0 radical (unpaired) electrons. The molecule has 7 nitrogen and oxygen atoms in total. The van der Waals surface area contributed by atoms with Gasteiger partial charge in [0.15, 0.2) is 0 Å². The van der Waals surface area contributed by atoms with Gasteiger partial charge in [-0.15, -0.1) is 11.3 Å². The topological polar surface area (TPSA) is 85.6 Å². The number of carbonyl (C=O) groups is 1. The zero-order valence-corrected chi connectivity index (χ0v) is 15.5. The van der Waals surface area contributed by atoms with Crippen molar-refractivity contribution >= 4 is 28.7 Å². The lowest BCUT2D eigenvalue weighted by molar-refractivity contribution is -0.384. The van der Waals surface area contributed by atoms with E-state index in [2.05, 4.69) is 4.98 Å². The lowest BCUT2D eigenvalue weighted by atomic mass is 10.1. The first-order valence-corrected chi connectivity index (χ1v) is 9.53. The molecule has 0 spiro atoms. The average Bonchev–Trinajstić information content (AvgIpc) is 3.06. The first-order valence-electron chi connectivity index (χ1n) is 8.65. The predicted octanol–water partition coefficient (Wildman–Crippen LogP) is 3.75. The van der Waals surface area contributed by atoms with Crippen LogP contribution in [0.5, 0.6) is 0 Å². The van der Waals surface area contributed by atoms with Gasteiger partial charge in [0.05, 0.1) is 28.3 Å². The number of hydrogen-bond acceptors (Lipinski definition) is 7. The Labute approximate surface area is 155 Å². The molecule has 0 amide bonds. The number of aromatic nitrogens is 1. The highest BCUT2D eigenvalue weighted by molar-refractivity contribution is 7.09. The number of aryl methyl sites for hydroxylation is 1. The van der Waals surface area contributed by atoms with Gasteiger partial charge in [-0.2, -0.15) is 0 Å². The van der Waals surface area contributed by atoms with Gasteiger partial charge in [-0.3, -0.25) is 10.1 Å². The number of esters is 1. The van der Waals surface area contributed by atoms with Crippen LogP contribution in [0.1, 0.15) is 40.2 Å². The summed E-state index contributed by atoms with van der Waals surface area (Å²) in [7, 11) is 0. The van der Waals surface area contributed by atoms with Gasteiger partial charge in [0.2, 0.25) is 0 Å². The van der Waals surface area contributed by atoms with Crippen LogP contribution < -0.4 is 4.90 Å². The van der Waals surface area contributed by atoms with Crippen molar-refractivity contribution in [3.63, 3.8) is 0 Å². The molecule has 1 aliphatic heterocycles. The normalized spacial score (nSPS) is 14.3. The number of ether oxygens (including phenoxy) is 1. The molecule has 0 unspecified atom stereocenters. The van der Waals surface area contributed by atoms with Gasteiger partial charge >= 0.3 is 5.97 Å². The maximum absolute atomic E-state index is 12.2. The maximum atomic E-state index is 12.2. The Hall–Kier alpha value is -2.48. The zero-order chi connectivity index (χ0) is 18.5. The molecule has 138 valence electrons. The van der Waals surface area contributed by atoms with Crippen LogP contribution in [0.3, 0.4) is 0 Å². The third kappa shape index (κ3) is 4.19. The molecule has 8 heteroatoms. The van der Waals surface area contributed by atoms with E-state index >= 15 is 0 Å². The van der Waals surface area contributed by atoms with Crippen LogP contribution in [0.4, 0.5) is 11.4 Å². The largest absolute Gasteiger partial charge is 0.462 e. The molecule has 0 aliphatic carbocycles. The van der Waals surface area contributed by atoms with Crippen molar-refractivity contribution in [3.05, 3.63) is 50.0 Å². The molecule has 1 aromatic heterocycles. The number of carbonyl (C=O) groups excluding carboxylic acids is 1. The minimum absolute atomic E-state index is 0.0420. The number of nitro benzene ring substituents is 1. The Bertz CT molecular complexity index is 799. The molecule has 1 aliphatic rings. The number of benzene rings is 1. The van der Waals surface area contributed by atoms with E-state index in [1.807, 2.05) is 11.8 Å². The van der Waals surface area contributed by atoms with Crippen molar-refractivity contribution in [3.8, 4) is 0 Å². The van der Waals surface area contributed by atoms with Crippen molar-refractivity contribution in [1.29, 1.82) is 0 Å². The summed E-state index contributed by atoms with van der Waals surface area (Å²) in [5.41, 5.74) is 3.44. The smallest absolute Gasteiger partial charge is 0.338 e. The molecule has 2 aromatic rings. The highest BCUT2D eigenvalue weighted by atomic mass is 32.1. The summed E-state index contributed by atoms with van der Waals surface area (Å²) in [4.78, 5) is 30.5. The SMILES string of the molecule is Cc1ncsc1CCOC(=O)c1ccc(N2CCCCC2)c([N+](=O)[O-])c1. The van der Waals surface area contributed by atoms with Crippen LogP contribution in [0, 0.1) is 17.0 Å². The molecular weight excluding hydrogens is 354 g/mol. The molecule has 0 saturated carbocycles. The van der Waals surface area contributed by atoms with Gasteiger partial charge in [0, 0.05) is 30.5 Å². The number of rotatable bonds is 6. The number of nitrogens with zero attached hydrogens (tertiary/aromatic N) is 3. The molecule has 0 N–H and O–H groups in total. The summed E-state index contributed by atoms with van der Waals surface area (Å²) in [5, 5.41) is 11.5.